The Hall–Kier alpha value is -2.26. The van der Waals surface area contributed by atoms with E-state index < -0.39 is 37.2 Å². The van der Waals surface area contributed by atoms with Crippen LogP contribution in [0.2, 0.25) is 0 Å². The van der Waals surface area contributed by atoms with Crippen LogP contribution in [0, 0.1) is 0 Å². The Kier molecular flexibility index (Phi) is 4.11. The van der Waals surface area contributed by atoms with Crippen molar-refractivity contribution in [2.24, 2.45) is 10.7 Å². The number of amides is 1. The van der Waals surface area contributed by atoms with Gasteiger partial charge in [0.1, 0.15) is 18.4 Å². The van der Waals surface area contributed by atoms with E-state index in [2.05, 4.69) is 15.0 Å². The first-order chi connectivity index (χ1) is 9.52. The number of aromatic nitrogens is 2. The minimum atomic E-state index is -1.16. The molecule has 1 amide bonds. The Balaban J connectivity index is 2.19. The molecule has 1 aromatic rings. The van der Waals surface area contributed by atoms with Crippen LogP contribution in [0.25, 0.3) is 0 Å². The van der Waals surface area contributed by atoms with Gasteiger partial charge in [-0.2, -0.15) is 0 Å². The lowest BCUT2D eigenvalue weighted by Gasteiger charge is -2.25. The molecule has 0 bridgehead atoms. The summed E-state index contributed by atoms with van der Waals surface area (Å²) in [5, 5.41) is 17.9. The molecule has 0 spiro atoms. The fourth-order valence-electron chi connectivity index (χ4n) is 1.99. The summed E-state index contributed by atoms with van der Waals surface area (Å²) < 4.78 is 0. The quantitative estimate of drug-likeness (QED) is 0.473. The summed E-state index contributed by atoms with van der Waals surface area (Å²) in [7, 11) is 0. The number of nitrogens with two attached hydrogens (primary N) is 1. The zero-order chi connectivity index (χ0) is 14.7. The minimum Gasteiger partial charge on any atom is -0.480 e. The smallest absolute Gasteiger partial charge is 0.323 e. The van der Waals surface area contributed by atoms with Gasteiger partial charge in [-0.15, -0.1) is 0 Å². The lowest BCUT2D eigenvalue weighted by molar-refractivity contribution is -0.143. The number of aromatic amines is 1. The van der Waals surface area contributed by atoms with Gasteiger partial charge in [0, 0.05) is 18.3 Å². The lowest BCUT2D eigenvalue weighted by atomic mass is 10.2. The molecule has 1 aromatic heterocycles. The summed E-state index contributed by atoms with van der Waals surface area (Å²) in [6.45, 7) is -0.901. The second kappa shape index (κ2) is 5.80. The van der Waals surface area contributed by atoms with Crippen LogP contribution >= 0.6 is 0 Å². The van der Waals surface area contributed by atoms with Crippen molar-refractivity contribution in [1.29, 1.82) is 0 Å². The molecule has 1 aliphatic rings. The van der Waals surface area contributed by atoms with E-state index in [1.165, 1.54) is 6.33 Å². The van der Waals surface area contributed by atoms with Crippen LogP contribution in [0.15, 0.2) is 17.5 Å². The van der Waals surface area contributed by atoms with Gasteiger partial charge in [-0.3, -0.25) is 14.6 Å². The third kappa shape index (κ3) is 2.83. The van der Waals surface area contributed by atoms with Gasteiger partial charge in [0.05, 0.1) is 19.0 Å². The maximum absolute atomic E-state index is 12.2. The first-order valence-electron chi connectivity index (χ1n) is 5.96. The molecule has 9 nitrogen and oxygen atoms in total. The van der Waals surface area contributed by atoms with Crippen molar-refractivity contribution in [2.75, 3.05) is 13.2 Å². The van der Waals surface area contributed by atoms with Crippen molar-refractivity contribution >= 4 is 17.6 Å². The monoisotopic (exact) mass is 281 g/mol. The fraction of sp³-hybridized carbons (Fsp3) is 0.455. The standard InChI is InChI=1S/C11H15N5O4/c12-7(4-17)10-15-8(1-6-2-13-5-14-6)11(20)16(10)3-9(18)19/h2,5,7,10,17H,1,3-4,12H2,(H,13,14)(H,18,19)/t7-,10?/m0/s1. The Labute approximate surface area is 114 Å². The van der Waals surface area contributed by atoms with Crippen LogP contribution in [-0.4, -0.2) is 68.0 Å². The molecule has 108 valence electrons. The summed E-state index contributed by atoms with van der Waals surface area (Å²) in [5.41, 5.74) is 6.56. The highest BCUT2D eigenvalue weighted by atomic mass is 16.4. The lowest BCUT2D eigenvalue weighted by Crippen LogP contribution is -2.50. The Morgan fingerprint density at radius 3 is 2.90 bits per heavy atom. The van der Waals surface area contributed by atoms with Crippen LogP contribution in [0.4, 0.5) is 0 Å². The molecule has 1 unspecified atom stereocenters. The average molecular weight is 281 g/mol. The predicted octanol–water partition coefficient (Wildman–Crippen LogP) is -2.03. The van der Waals surface area contributed by atoms with Gasteiger partial charge in [-0.05, 0) is 0 Å². The molecule has 0 fully saturated rings. The molecule has 1 aliphatic heterocycles. The number of nitrogens with one attached hydrogen (secondary N) is 1. The summed E-state index contributed by atoms with van der Waals surface area (Å²) in [5.74, 6) is -1.65. The van der Waals surface area contributed by atoms with E-state index in [-0.39, 0.29) is 12.1 Å². The molecular weight excluding hydrogens is 266 g/mol. The molecule has 5 N–H and O–H groups in total. The molecule has 0 saturated heterocycles. The van der Waals surface area contributed by atoms with Crippen molar-refractivity contribution in [1.82, 2.24) is 14.9 Å². The minimum absolute atomic E-state index is 0.199. The molecule has 2 rings (SSSR count). The first kappa shape index (κ1) is 14.2. The molecule has 2 heterocycles. The van der Waals surface area contributed by atoms with Crippen LogP contribution in [0.3, 0.4) is 0 Å². The number of aliphatic hydroxyl groups is 1. The number of aliphatic imine (C=N–C) groups is 1. The number of nitrogens with zero attached hydrogens (tertiary/aromatic N) is 3. The van der Waals surface area contributed by atoms with E-state index in [9.17, 15) is 9.59 Å². The number of carboxylic acid groups (broad SMARTS) is 1. The molecule has 20 heavy (non-hydrogen) atoms. The molecule has 2 atom stereocenters. The SMILES string of the molecule is N[C@@H](CO)C1N=C(Cc2cnc[nH]2)C(=O)N1CC(=O)O. The number of carbonyl (C=O) groups excluding carboxylic acids is 1. The highest BCUT2D eigenvalue weighted by Gasteiger charge is 2.38. The number of hydrogen-bond acceptors (Lipinski definition) is 6. The first-order valence-corrected chi connectivity index (χ1v) is 5.96. The van der Waals surface area contributed by atoms with Gasteiger partial charge >= 0.3 is 5.97 Å². The van der Waals surface area contributed by atoms with Crippen molar-refractivity contribution in [3.8, 4) is 0 Å². The zero-order valence-electron chi connectivity index (χ0n) is 10.6. The number of H-pyrrole nitrogens is 1. The maximum Gasteiger partial charge on any atom is 0.323 e. The van der Waals surface area contributed by atoms with E-state index in [1.54, 1.807) is 6.20 Å². The molecule has 0 radical (unpaired) electrons. The highest BCUT2D eigenvalue weighted by molar-refractivity contribution is 6.40. The Morgan fingerprint density at radius 2 is 2.35 bits per heavy atom. The van der Waals surface area contributed by atoms with Crippen LogP contribution in [-0.2, 0) is 16.0 Å². The zero-order valence-corrected chi connectivity index (χ0v) is 10.6. The van der Waals surface area contributed by atoms with E-state index in [0.717, 1.165) is 4.90 Å². The second-order valence-electron chi connectivity index (χ2n) is 4.42. The van der Waals surface area contributed by atoms with Gasteiger partial charge in [0.15, 0.2) is 0 Å². The van der Waals surface area contributed by atoms with E-state index in [1.807, 2.05) is 0 Å². The van der Waals surface area contributed by atoms with Crippen LogP contribution < -0.4 is 5.73 Å². The largest absolute Gasteiger partial charge is 0.480 e. The third-order valence-electron chi connectivity index (χ3n) is 2.93. The summed E-state index contributed by atoms with van der Waals surface area (Å²) in [4.78, 5) is 34.8. The maximum atomic E-state index is 12.2. The predicted molar refractivity (Wildman–Crippen MR) is 67.9 cm³/mol. The molecule has 0 saturated carbocycles. The van der Waals surface area contributed by atoms with Gasteiger partial charge < -0.3 is 25.8 Å². The van der Waals surface area contributed by atoms with Crippen molar-refractivity contribution < 1.29 is 19.8 Å². The van der Waals surface area contributed by atoms with Crippen molar-refractivity contribution in [3.63, 3.8) is 0 Å². The normalized spacial score (nSPS) is 20.1. The number of rotatable bonds is 6. The average Bonchev–Trinajstić information content (AvgIpc) is 3.01. The molecule has 0 aromatic carbocycles. The van der Waals surface area contributed by atoms with Crippen molar-refractivity contribution in [3.05, 3.63) is 18.2 Å². The Morgan fingerprint density at radius 1 is 1.60 bits per heavy atom. The van der Waals surface area contributed by atoms with Gasteiger partial charge in [-0.1, -0.05) is 0 Å². The van der Waals surface area contributed by atoms with Gasteiger partial charge in [0.25, 0.3) is 5.91 Å². The molecule has 0 aliphatic carbocycles. The number of hydrogen-bond donors (Lipinski definition) is 4. The summed E-state index contributed by atoms with van der Waals surface area (Å²) in [6, 6.07) is -0.822. The number of aliphatic hydroxyl groups excluding tert-OH is 1. The Bertz CT molecular complexity index is 527. The fourth-order valence-corrected chi connectivity index (χ4v) is 1.99. The second-order valence-corrected chi connectivity index (χ2v) is 4.42. The molecule has 9 heteroatoms. The number of carbonyl (C=O) groups is 2. The third-order valence-corrected chi connectivity index (χ3v) is 2.93. The van der Waals surface area contributed by atoms with Gasteiger partial charge in [-0.25, -0.2) is 4.98 Å². The van der Waals surface area contributed by atoms with Crippen LogP contribution in [0.5, 0.6) is 0 Å². The number of imidazole rings is 1. The van der Waals surface area contributed by atoms with E-state index >= 15 is 0 Å². The number of carboxylic acids is 1. The van der Waals surface area contributed by atoms with Crippen LogP contribution in [0.1, 0.15) is 5.69 Å². The summed E-state index contributed by atoms with van der Waals surface area (Å²) >= 11 is 0. The summed E-state index contributed by atoms with van der Waals surface area (Å²) in [6.07, 6.45) is 2.38. The highest BCUT2D eigenvalue weighted by Crippen LogP contribution is 2.16. The van der Waals surface area contributed by atoms with Gasteiger partial charge in [0.2, 0.25) is 0 Å². The topological polar surface area (TPSA) is 145 Å². The number of aliphatic carboxylic acids is 1. The van der Waals surface area contributed by atoms with E-state index in [4.69, 9.17) is 15.9 Å². The van der Waals surface area contributed by atoms with E-state index in [0.29, 0.717) is 5.69 Å². The molecular formula is C11H15N5O4. The van der Waals surface area contributed by atoms with Crippen molar-refractivity contribution in [2.45, 2.75) is 18.6 Å².